The molecule has 0 bridgehead atoms. The second-order valence-corrected chi connectivity index (χ2v) is 6.14. The third-order valence-electron chi connectivity index (χ3n) is 4.79. The lowest BCUT2D eigenvalue weighted by Gasteiger charge is -2.44. The number of rotatable bonds is 5. The number of hydrogen-bond acceptors (Lipinski definition) is 4. The van der Waals surface area contributed by atoms with Crippen molar-refractivity contribution in [1.29, 1.82) is 0 Å². The van der Waals surface area contributed by atoms with Gasteiger partial charge >= 0.3 is 0 Å². The Bertz CT molecular complexity index is 418. The van der Waals surface area contributed by atoms with E-state index in [9.17, 15) is 0 Å². The van der Waals surface area contributed by atoms with Crippen molar-refractivity contribution >= 4 is 0 Å². The number of nitrogens with one attached hydrogen (secondary N) is 1. The van der Waals surface area contributed by atoms with Crippen LogP contribution in [0.2, 0.25) is 0 Å². The molecule has 0 aliphatic carbocycles. The molecule has 0 aromatic carbocycles. The van der Waals surface area contributed by atoms with Crippen LogP contribution in [0.1, 0.15) is 58.2 Å². The topological polar surface area (TPSA) is 41.3 Å². The fraction of sp³-hybridized carbons (Fsp3) is 0.812. The van der Waals surface area contributed by atoms with Crippen molar-refractivity contribution in [3.05, 3.63) is 17.8 Å². The maximum Gasteiger partial charge on any atom is 0.211 e. The first-order chi connectivity index (χ1) is 9.56. The van der Waals surface area contributed by atoms with Crippen LogP contribution < -0.4 is 5.32 Å². The smallest absolute Gasteiger partial charge is 0.211 e. The van der Waals surface area contributed by atoms with Crippen LogP contribution in [0.3, 0.4) is 0 Å². The highest BCUT2D eigenvalue weighted by Crippen LogP contribution is 2.27. The predicted molar refractivity (Wildman–Crippen MR) is 81.7 cm³/mol. The summed E-state index contributed by atoms with van der Waals surface area (Å²) in [6.07, 6.45) is 4.19. The third kappa shape index (κ3) is 3.23. The largest absolute Gasteiger partial charge is 0.444 e. The van der Waals surface area contributed by atoms with Crippen LogP contribution in [0.25, 0.3) is 0 Å². The van der Waals surface area contributed by atoms with E-state index in [1.807, 2.05) is 13.1 Å². The summed E-state index contributed by atoms with van der Waals surface area (Å²) in [5.74, 6) is 2.45. The molecule has 2 heterocycles. The summed E-state index contributed by atoms with van der Waals surface area (Å²) in [7, 11) is 0. The molecule has 0 spiro atoms. The molecule has 0 radical (unpaired) electrons. The Kier molecular flexibility index (Phi) is 5.22. The lowest BCUT2D eigenvalue weighted by molar-refractivity contribution is 0.0592. The molecular weight excluding hydrogens is 250 g/mol. The van der Waals surface area contributed by atoms with Gasteiger partial charge in [-0.1, -0.05) is 27.2 Å². The first-order valence-electron chi connectivity index (χ1n) is 7.98. The van der Waals surface area contributed by atoms with E-state index in [1.54, 1.807) is 0 Å². The summed E-state index contributed by atoms with van der Waals surface area (Å²) >= 11 is 0. The maximum absolute atomic E-state index is 5.74. The van der Waals surface area contributed by atoms with E-state index in [1.165, 1.54) is 6.42 Å². The van der Waals surface area contributed by atoms with Crippen molar-refractivity contribution in [2.24, 2.45) is 5.92 Å². The lowest BCUT2D eigenvalue weighted by Crippen LogP contribution is -2.58. The third-order valence-corrected chi connectivity index (χ3v) is 4.79. The quantitative estimate of drug-likeness (QED) is 0.899. The average molecular weight is 279 g/mol. The SMILES string of the molecule is CCC(C)C1CN(C(C)c2ncc(C)o2)C(CC)CN1. The van der Waals surface area contributed by atoms with Gasteiger partial charge in [0.05, 0.1) is 12.2 Å². The van der Waals surface area contributed by atoms with Gasteiger partial charge in [0.25, 0.3) is 0 Å². The Balaban J connectivity index is 2.12. The number of piperazine rings is 1. The molecule has 1 saturated heterocycles. The van der Waals surface area contributed by atoms with Crippen molar-refractivity contribution in [3.63, 3.8) is 0 Å². The zero-order valence-electron chi connectivity index (χ0n) is 13.5. The highest BCUT2D eigenvalue weighted by Gasteiger charge is 2.33. The summed E-state index contributed by atoms with van der Waals surface area (Å²) < 4.78 is 5.74. The average Bonchev–Trinajstić information content (AvgIpc) is 2.91. The van der Waals surface area contributed by atoms with Crippen molar-refractivity contribution in [2.75, 3.05) is 13.1 Å². The summed E-state index contributed by atoms with van der Waals surface area (Å²) in [6, 6.07) is 1.39. The van der Waals surface area contributed by atoms with Gasteiger partial charge in [0.2, 0.25) is 5.89 Å². The lowest BCUT2D eigenvalue weighted by atomic mass is 9.94. The molecule has 0 amide bonds. The summed E-state index contributed by atoms with van der Waals surface area (Å²) in [5, 5.41) is 3.72. The summed E-state index contributed by atoms with van der Waals surface area (Å²) in [6.45, 7) is 13.2. The number of nitrogens with zero attached hydrogens (tertiary/aromatic N) is 2. The highest BCUT2D eigenvalue weighted by molar-refractivity contribution is 4.99. The van der Waals surface area contributed by atoms with Gasteiger partial charge in [0, 0.05) is 25.2 Å². The molecule has 1 aromatic rings. The molecule has 1 fully saturated rings. The fourth-order valence-electron chi connectivity index (χ4n) is 3.07. The van der Waals surface area contributed by atoms with Gasteiger partial charge in [0.1, 0.15) is 5.76 Å². The molecule has 4 unspecified atom stereocenters. The second kappa shape index (κ2) is 6.72. The van der Waals surface area contributed by atoms with Gasteiger partial charge in [-0.15, -0.1) is 0 Å². The molecule has 4 nitrogen and oxygen atoms in total. The van der Waals surface area contributed by atoms with Gasteiger partial charge in [-0.2, -0.15) is 0 Å². The fourth-order valence-corrected chi connectivity index (χ4v) is 3.07. The van der Waals surface area contributed by atoms with E-state index in [-0.39, 0.29) is 6.04 Å². The van der Waals surface area contributed by atoms with Crippen molar-refractivity contribution in [3.8, 4) is 0 Å². The molecule has 1 aliphatic heterocycles. The predicted octanol–water partition coefficient (Wildman–Crippen LogP) is 3.14. The molecule has 4 atom stereocenters. The molecule has 1 N–H and O–H groups in total. The summed E-state index contributed by atoms with van der Waals surface area (Å²) in [5.41, 5.74) is 0. The zero-order valence-corrected chi connectivity index (χ0v) is 13.5. The Hall–Kier alpha value is -0.870. The van der Waals surface area contributed by atoms with E-state index in [0.29, 0.717) is 18.0 Å². The van der Waals surface area contributed by atoms with E-state index >= 15 is 0 Å². The van der Waals surface area contributed by atoms with Gasteiger partial charge < -0.3 is 9.73 Å². The highest BCUT2D eigenvalue weighted by atomic mass is 16.4. The minimum absolute atomic E-state index is 0.252. The molecule has 0 saturated carbocycles. The molecule has 114 valence electrons. The Morgan fingerprint density at radius 1 is 1.45 bits per heavy atom. The normalized spacial score (nSPS) is 27.4. The van der Waals surface area contributed by atoms with E-state index < -0.39 is 0 Å². The van der Waals surface area contributed by atoms with Gasteiger partial charge in [0.15, 0.2) is 0 Å². The maximum atomic E-state index is 5.74. The Labute approximate surface area is 122 Å². The Morgan fingerprint density at radius 3 is 2.75 bits per heavy atom. The number of oxazole rings is 1. The molecular formula is C16H29N3O. The van der Waals surface area contributed by atoms with Gasteiger partial charge in [-0.05, 0) is 26.2 Å². The molecule has 2 rings (SSSR count). The van der Waals surface area contributed by atoms with Gasteiger partial charge in [-0.25, -0.2) is 4.98 Å². The minimum Gasteiger partial charge on any atom is -0.444 e. The van der Waals surface area contributed by atoms with E-state index in [0.717, 1.165) is 31.2 Å². The zero-order chi connectivity index (χ0) is 14.7. The molecule has 4 heteroatoms. The molecule has 1 aliphatic rings. The molecule has 1 aromatic heterocycles. The van der Waals surface area contributed by atoms with Crippen LogP contribution in [0.15, 0.2) is 10.6 Å². The van der Waals surface area contributed by atoms with Gasteiger partial charge in [-0.3, -0.25) is 4.90 Å². The Morgan fingerprint density at radius 2 is 2.20 bits per heavy atom. The first kappa shape index (κ1) is 15.5. The van der Waals surface area contributed by atoms with Crippen molar-refractivity contribution in [1.82, 2.24) is 15.2 Å². The first-order valence-corrected chi connectivity index (χ1v) is 7.98. The van der Waals surface area contributed by atoms with Crippen molar-refractivity contribution < 1.29 is 4.42 Å². The van der Waals surface area contributed by atoms with Crippen molar-refractivity contribution in [2.45, 2.75) is 65.6 Å². The van der Waals surface area contributed by atoms with Crippen LogP contribution >= 0.6 is 0 Å². The second-order valence-electron chi connectivity index (χ2n) is 6.14. The standard InChI is InChI=1S/C16H29N3O/c1-6-11(3)15-10-19(14(7-2)9-17-15)13(5)16-18-8-12(4)20-16/h8,11,13-15,17H,6-7,9-10H2,1-5H3. The number of aromatic nitrogens is 1. The van der Waals surface area contributed by atoms with E-state index in [4.69, 9.17) is 4.42 Å². The van der Waals surface area contributed by atoms with Crippen LogP contribution in [0.5, 0.6) is 0 Å². The number of aryl methyl sites for hydroxylation is 1. The van der Waals surface area contributed by atoms with Crippen LogP contribution in [-0.4, -0.2) is 35.1 Å². The van der Waals surface area contributed by atoms with Crippen LogP contribution in [0, 0.1) is 12.8 Å². The minimum atomic E-state index is 0.252. The van der Waals surface area contributed by atoms with Crippen LogP contribution in [0.4, 0.5) is 0 Å². The summed E-state index contributed by atoms with van der Waals surface area (Å²) in [4.78, 5) is 6.99. The molecule has 20 heavy (non-hydrogen) atoms. The van der Waals surface area contributed by atoms with E-state index in [2.05, 4.69) is 42.9 Å². The van der Waals surface area contributed by atoms with Crippen LogP contribution in [-0.2, 0) is 0 Å². The number of hydrogen-bond donors (Lipinski definition) is 1. The monoisotopic (exact) mass is 279 g/mol.